The van der Waals surface area contributed by atoms with Crippen LogP contribution >= 0.6 is 11.8 Å². The fraction of sp³-hybridized carbons (Fsp3) is 0.111. The van der Waals surface area contributed by atoms with Crippen LogP contribution in [0.5, 0.6) is 0 Å². The first-order valence-electron chi connectivity index (χ1n) is 3.27. The highest BCUT2D eigenvalue weighted by atomic mass is 32.2. The predicted molar refractivity (Wildman–Crippen MR) is 49.0 cm³/mol. The fourth-order valence-corrected chi connectivity index (χ4v) is 1.14. The Kier molecular flexibility index (Phi) is 3.80. The molecule has 1 aliphatic rings. The summed E-state index contributed by atoms with van der Waals surface area (Å²) in [6.45, 7) is 0. The van der Waals surface area contributed by atoms with Crippen LogP contribution in [0.15, 0.2) is 47.9 Å². The lowest BCUT2D eigenvalue weighted by Crippen LogP contribution is -1.65. The van der Waals surface area contributed by atoms with Crippen molar-refractivity contribution in [3.8, 4) is 0 Å². The van der Waals surface area contributed by atoms with Crippen molar-refractivity contribution in [3.05, 3.63) is 47.9 Å². The van der Waals surface area contributed by atoms with Crippen LogP contribution in [-0.2, 0) is 0 Å². The molecule has 0 unspecified atom stereocenters. The number of hydrogen-bond acceptors (Lipinski definition) is 1. The van der Waals surface area contributed by atoms with Crippen LogP contribution in [0.4, 0.5) is 0 Å². The highest BCUT2D eigenvalue weighted by molar-refractivity contribution is 8.02. The fourth-order valence-electron chi connectivity index (χ4n) is 0.603. The number of rotatable bonds is 0. The summed E-state index contributed by atoms with van der Waals surface area (Å²) in [6.07, 6.45) is 14.4. The van der Waals surface area contributed by atoms with E-state index < -0.39 is 0 Å². The third-order valence-electron chi connectivity index (χ3n) is 1.06. The molecule has 0 radical (unpaired) electrons. The first-order valence-corrected chi connectivity index (χ1v) is 4.31. The molecule has 0 amide bonds. The van der Waals surface area contributed by atoms with Gasteiger partial charge in [-0.05, 0) is 5.41 Å². The summed E-state index contributed by atoms with van der Waals surface area (Å²) in [4.78, 5) is 0. The van der Waals surface area contributed by atoms with Gasteiger partial charge in [-0.2, -0.15) is 0 Å². The second-order valence-corrected chi connectivity index (χ2v) is 2.80. The van der Waals surface area contributed by atoms with Gasteiger partial charge in [-0.3, -0.25) is 0 Å². The molecular weight excluding hydrogens is 140 g/mol. The van der Waals surface area contributed by atoms with Crippen molar-refractivity contribution in [2.45, 2.75) is 0 Å². The van der Waals surface area contributed by atoms with Gasteiger partial charge in [-0.1, -0.05) is 42.5 Å². The van der Waals surface area contributed by atoms with Gasteiger partial charge in [0.25, 0.3) is 0 Å². The molecule has 0 aromatic rings. The highest BCUT2D eigenvalue weighted by Gasteiger charge is 1.74. The van der Waals surface area contributed by atoms with E-state index >= 15 is 0 Å². The van der Waals surface area contributed by atoms with Crippen LogP contribution in [-0.4, -0.2) is 5.75 Å². The molecule has 0 aliphatic carbocycles. The van der Waals surface area contributed by atoms with Crippen molar-refractivity contribution in [2.75, 3.05) is 5.75 Å². The maximum atomic E-state index is 2.14. The normalized spacial score (nSPS) is 17.6. The molecule has 1 heteroatoms. The summed E-state index contributed by atoms with van der Waals surface area (Å²) < 4.78 is 0. The van der Waals surface area contributed by atoms with Crippen molar-refractivity contribution < 1.29 is 0 Å². The lowest BCUT2D eigenvalue weighted by Gasteiger charge is -1.85. The molecule has 1 heterocycles. The maximum Gasteiger partial charge on any atom is 0.0157 e. The second kappa shape index (κ2) is 5.12. The van der Waals surface area contributed by atoms with Gasteiger partial charge in [0.15, 0.2) is 0 Å². The molecule has 52 valence electrons. The Labute approximate surface area is 66.0 Å². The van der Waals surface area contributed by atoms with Crippen molar-refractivity contribution in [2.24, 2.45) is 0 Å². The first kappa shape index (κ1) is 7.42. The summed E-state index contributed by atoms with van der Waals surface area (Å²) >= 11 is 1.80. The van der Waals surface area contributed by atoms with Gasteiger partial charge < -0.3 is 0 Å². The summed E-state index contributed by atoms with van der Waals surface area (Å²) in [7, 11) is 0. The van der Waals surface area contributed by atoms with Gasteiger partial charge in [0.2, 0.25) is 0 Å². The van der Waals surface area contributed by atoms with Crippen molar-refractivity contribution in [1.29, 1.82) is 0 Å². The first-order chi connectivity index (χ1) is 5.00. The van der Waals surface area contributed by atoms with Gasteiger partial charge in [-0.15, -0.1) is 11.8 Å². The Morgan fingerprint density at radius 1 is 0.800 bits per heavy atom. The zero-order valence-corrected chi connectivity index (χ0v) is 6.55. The van der Waals surface area contributed by atoms with E-state index in [9.17, 15) is 0 Å². The van der Waals surface area contributed by atoms with Gasteiger partial charge >= 0.3 is 0 Å². The van der Waals surface area contributed by atoms with Crippen LogP contribution in [0, 0.1) is 0 Å². The summed E-state index contributed by atoms with van der Waals surface area (Å²) in [5.74, 6) is 1.06. The van der Waals surface area contributed by atoms with E-state index in [0.717, 1.165) is 5.75 Å². The zero-order valence-electron chi connectivity index (χ0n) is 5.73. The van der Waals surface area contributed by atoms with E-state index in [1.807, 2.05) is 30.4 Å². The molecule has 0 aromatic carbocycles. The summed E-state index contributed by atoms with van der Waals surface area (Å²) in [5.41, 5.74) is 0. The van der Waals surface area contributed by atoms with Crippen molar-refractivity contribution in [3.63, 3.8) is 0 Å². The Bertz CT molecular complexity index is 163. The van der Waals surface area contributed by atoms with E-state index in [2.05, 4.69) is 17.6 Å². The van der Waals surface area contributed by atoms with Crippen LogP contribution in [0.3, 0.4) is 0 Å². The van der Waals surface area contributed by atoms with Crippen molar-refractivity contribution >= 4 is 11.8 Å². The van der Waals surface area contributed by atoms with E-state index in [1.54, 1.807) is 11.8 Å². The average Bonchev–Trinajstić information content (AvgIpc) is 2.01. The minimum atomic E-state index is 1.06. The monoisotopic (exact) mass is 150 g/mol. The summed E-state index contributed by atoms with van der Waals surface area (Å²) in [5, 5.41) is 2.10. The number of thioether (sulfide) groups is 1. The van der Waals surface area contributed by atoms with Crippen LogP contribution < -0.4 is 0 Å². The Hall–Kier alpha value is -0.690. The van der Waals surface area contributed by atoms with Gasteiger partial charge in [-0.25, -0.2) is 0 Å². The van der Waals surface area contributed by atoms with Gasteiger partial charge in [0.1, 0.15) is 0 Å². The molecule has 0 nitrogen and oxygen atoms in total. The van der Waals surface area contributed by atoms with E-state index in [-0.39, 0.29) is 0 Å². The SMILES string of the molecule is C1=CC=CCSC=CC=C1. The zero-order chi connectivity index (χ0) is 7.07. The van der Waals surface area contributed by atoms with E-state index in [4.69, 9.17) is 0 Å². The average molecular weight is 150 g/mol. The van der Waals surface area contributed by atoms with Crippen LogP contribution in [0.2, 0.25) is 0 Å². The molecule has 0 fully saturated rings. The quantitative estimate of drug-likeness (QED) is 0.511. The maximum absolute atomic E-state index is 2.14. The number of allylic oxidation sites excluding steroid dienone is 6. The topological polar surface area (TPSA) is 0 Å². The smallest absolute Gasteiger partial charge is 0.0157 e. The Balaban J connectivity index is 2.53. The minimum absolute atomic E-state index is 1.06. The van der Waals surface area contributed by atoms with Crippen LogP contribution in [0.1, 0.15) is 0 Å². The van der Waals surface area contributed by atoms with Gasteiger partial charge in [0, 0.05) is 5.75 Å². The van der Waals surface area contributed by atoms with Gasteiger partial charge in [0.05, 0.1) is 0 Å². The number of hydrogen-bond donors (Lipinski definition) is 0. The molecule has 0 saturated carbocycles. The Morgan fingerprint density at radius 2 is 1.50 bits per heavy atom. The van der Waals surface area contributed by atoms with E-state index in [1.165, 1.54) is 0 Å². The second-order valence-electron chi connectivity index (χ2n) is 1.86. The van der Waals surface area contributed by atoms with E-state index in [0.29, 0.717) is 0 Å². The van der Waals surface area contributed by atoms with Crippen molar-refractivity contribution in [1.82, 2.24) is 0 Å². The summed E-state index contributed by atoms with van der Waals surface area (Å²) in [6, 6.07) is 0. The largest absolute Gasteiger partial charge is 0.130 e. The predicted octanol–water partition coefficient (Wildman–Crippen LogP) is 2.92. The van der Waals surface area contributed by atoms with Crippen LogP contribution in [0.25, 0.3) is 0 Å². The molecule has 0 saturated heterocycles. The molecule has 1 rings (SSSR count). The standard InChI is InChI=1S/C9H10S/c1-2-4-6-8-10-9-7-5-3-1/h1-8H,9H2. The molecule has 0 aromatic heterocycles. The molecule has 0 bridgehead atoms. The third kappa shape index (κ3) is 3.36. The minimum Gasteiger partial charge on any atom is -0.130 e. The molecule has 1 aliphatic heterocycles. The molecule has 10 heavy (non-hydrogen) atoms. The lowest BCUT2D eigenvalue weighted by molar-refractivity contribution is 1.75. The molecule has 0 spiro atoms. The molecule has 0 atom stereocenters. The third-order valence-corrected chi connectivity index (χ3v) is 1.79. The molecular formula is C9H10S. The molecule has 0 N–H and O–H groups in total. The Morgan fingerprint density at radius 3 is 2.40 bits per heavy atom. The highest BCUT2D eigenvalue weighted by Crippen LogP contribution is 2.02. The lowest BCUT2D eigenvalue weighted by atomic mass is 10.4.